The number of rotatable bonds is 8. The number of carbonyl (C=O) groups excluding carboxylic acids is 1. The molecule has 0 saturated heterocycles. The third kappa shape index (κ3) is 6.51. The monoisotopic (exact) mass is 514 g/mol. The van der Waals surface area contributed by atoms with Crippen LogP contribution in [0.3, 0.4) is 0 Å². The molecule has 188 valence electrons. The number of sulfonamides is 1. The molecule has 4 aromatic rings. The van der Waals surface area contributed by atoms with Gasteiger partial charge in [0.2, 0.25) is 10.0 Å². The summed E-state index contributed by atoms with van der Waals surface area (Å²) in [6.07, 6.45) is 0. The van der Waals surface area contributed by atoms with Gasteiger partial charge in [0.05, 0.1) is 17.1 Å². The van der Waals surface area contributed by atoms with Gasteiger partial charge in [0.15, 0.2) is 0 Å². The summed E-state index contributed by atoms with van der Waals surface area (Å²) in [5.41, 5.74) is 12.4. The van der Waals surface area contributed by atoms with Crippen molar-refractivity contribution in [2.24, 2.45) is 10.9 Å². The maximum absolute atomic E-state index is 13.3. The summed E-state index contributed by atoms with van der Waals surface area (Å²) in [5, 5.41) is 17.3. The van der Waals surface area contributed by atoms with Crippen LogP contribution >= 0.6 is 0 Å². The van der Waals surface area contributed by atoms with Crippen LogP contribution in [0.5, 0.6) is 0 Å². The van der Waals surface area contributed by atoms with E-state index in [1.165, 1.54) is 11.1 Å². The molecule has 4 rings (SSSR count). The van der Waals surface area contributed by atoms with Crippen molar-refractivity contribution in [3.63, 3.8) is 0 Å². The van der Waals surface area contributed by atoms with Crippen LogP contribution in [-0.4, -0.2) is 25.3 Å². The van der Waals surface area contributed by atoms with Crippen molar-refractivity contribution in [3.8, 4) is 11.1 Å². The number of urea groups is 1. The minimum Gasteiger partial charge on any atom is -0.384 e. The smallest absolute Gasteiger partial charge is 0.340 e. The van der Waals surface area contributed by atoms with Crippen molar-refractivity contribution >= 4 is 33.3 Å². The summed E-state index contributed by atoms with van der Waals surface area (Å²) < 4.78 is 23.9. The van der Waals surface area contributed by atoms with E-state index in [9.17, 15) is 13.2 Å². The molecule has 0 aromatic heterocycles. The van der Waals surface area contributed by atoms with Crippen LogP contribution in [0.4, 0.5) is 16.2 Å². The fourth-order valence-electron chi connectivity index (χ4n) is 3.72. The first-order valence-electron chi connectivity index (χ1n) is 11.3. The van der Waals surface area contributed by atoms with Crippen LogP contribution in [0.15, 0.2) is 108 Å². The predicted octanol–water partition coefficient (Wildman–Crippen LogP) is 4.35. The normalized spacial score (nSPS) is 10.9. The molecule has 0 spiro atoms. The molecular weight excluding hydrogens is 488 g/mol. The molecule has 2 amide bonds. The predicted molar refractivity (Wildman–Crippen MR) is 145 cm³/mol. The second kappa shape index (κ2) is 10.9. The number of nitrogens with zero attached hydrogens (tertiary/aromatic N) is 1. The van der Waals surface area contributed by atoms with E-state index in [2.05, 4.69) is 10.7 Å². The van der Waals surface area contributed by atoms with Crippen molar-refractivity contribution in [2.45, 2.75) is 11.4 Å². The van der Waals surface area contributed by atoms with Gasteiger partial charge in [0.1, 0.15) is 5.84 Å². The van der Waals surface area contributed by atoms with E-state index < -0.39 is 16.1 Å². The van der Waals surface area contributed by atoms with Crippen LogP contribution in [0.2, 0.25) is 0 Å². The van der Waals surface area contributed by atoms with Crippen LogP contribution in [0, 0.1) is 5.41 Å². The Labute approximate surface area is 215 Å². The van der Waals surface area contributed by atoms with Gasteiger partial charge in [0, 0.05) is 16.8 Å². The van der Waals surface area contributed by atoms with Crippen LogP contribution in [0.1, 0.15) is 11.1 Å². The highest BCUT2D eigenvalue weighted by Crippen LogP contribution is 2.27. The third-order valence-electron chi connectivity index (χ3n) is 5.51. The Morgan fingerprint density at radius 2 is 1.51 bits per heavy atom. The molecule has 0 aliphatic carbocycles. The molecule has 7 N–H and O–H groups in total. The van der Waals surface area contributed by atoms with Gasteiger partial charge in [0.25, 0.3) is 0 Å². The molecule has 0 fully saturated rings. The molecule has 0 bridgehead atoms. The van der Waals surface area contributed by atoms with E-state index >= 15 is 0 Å². The van der Waals surface area contributed by atoms with Crippen molar-refractivity contribution in [2.75, 3.05) is 10.7 Å². The Morgan fingerprint density at radius 1 is 0.838 bits per heavy atom. The number of hydrogen-bond donors (Lipinski definition) is 5. The molecule has 0 saturated carbocycles. The number of hydrogen-bond acceptors (Lipinski definition) is 5. The van der Waals surface area contributed by atoms with Gasteiger partial charge in [-0.2, -0.15) is 0 Å². The van der Waals surface area contributed by atoms with Crippen molar-refractivity contribution in [1.82, 2.24) is 5.01 Å². The third-order valence-corrected chi connectivity index (χ3v) is 6.48. The van der Waals surface area contributed by atoms with Crippen molar-refractivity contribution < 1.29 is 13.2 Å². The quantitative estimate of drug-likeness (QED) is 0.134. The number of carbonyl (C=O) groups is 1. The lowest BCUT2D eigenvalue weighted by molar-refractivity contribution is 0.220. The molecule has 37 heavy (non-hydrogen) atoms. The van der Waals surface area contributed by atoms with E-state index in [1.807, 2.05) is 30.3 Å². The molecule has 4 aromatic carbocycles. The Morgan fingerprint density at radius 3 is 2.19 bits per heavy atom. The highest BCUT2D eigenvalue weighted by atomic mass is 32.2. The Balaban J connectivity index is 1.56. The second-order valence-corrected chi connectivity index (χ2v) is 9.76. The zero-order chi connectivity index (χ0) is 26.4. The summed E-state index contributed by atoms with van der Waals surface area (Å²) in [4.78, 5) is 13.3. The number of amides is 2. The summed E-state index contributed by atoms with van der Waals surface area (Å²) in [7, 11) is -3.90. The number of nitrogens with one attached hydrogen (secondary N) is 3. The van der Waals surface area contributed by atoms with Crippen molar-refractivity contribution in [1.29, 1.82) is 5.41 Å². The average molecular weight is 515 g/mol. The highest BCUT2D eigenvalue weighted by Gasteiger charge is 2.17. The number of nitrogen functional groups attached to an aromatic ring is 1. The summed E-state index contributed by atoms with van der Waals surface area (Å²) in [6.45, 7) is 0.261. The molecule has 0 unspecified atom stereocenters. The number of amidine groups is 1. The maximum atomic E-state index is 13.3. The summed E-state index contributed by atoms with van der Waals surface area (Å²) >= 11 is 0. The molecule has 0 aliphatic heterocycles. The van der Waals surface area contributed by atoms with Gasteiger partial charge < -0.3 is 11.1 Å². The topological polar surface area (TPSA) is 154 Å². The van der Waals surface area contributed by atoms with Gasteiger partial charge in [-0.15, -0.1) is 0 Å². The molecule has 10 heteroatoms. The van der Waals surface area contributed by atoms with E-state index in [0.717, 1.165) is 5.56 Å². The number of nitrogens with two attached hydrogens (primary N) is 2. The lowest BCUT2D eigenvalue weighted by atomic mass is 10.1. The Hall–Kier alpha value is -4.67. The average Bonchev–Trinajstić information content (AvgIpc) is 2.89. The van der Waals surface area contributed by atoms with E-state index in [4.69, 9.17) is 16.3 Å². The molecule has 0 heterocycles. The van der Waals surface area contributed by atoms with Gasteiger partial charge in [-0.1, -0.05) is 72.8 Å². The number of hydrazine groups is 1. The first-order valence-corrected chi connectivity index (χ1v) is 12.8. The zero-order valence-corrected chi connectivity index (χ0v) is 20.6. The molecular formula is C27H26N6O3S. The fourth-order valence-corrected chi connectivity index (χ4v) is 4.48. The van der Waals surface area contributed by atoms with Gasteiger partial charge in [-0.05, 0) is 41.5 Å². The lowest BCUT2D eigenvalue weighted by Crippen LogP contribution is -2.39. The number of benzene rings is 4. The van der Waals surface area contributed by atoms with Crippen molar-refractivity contribution in [3.05, 3.63) is 114 Å². The lowest BCUT2D eigenvalue weighted by Gasteiger charge is -2.25. The van der Waals surface area contributed by atoms with Gasteiger partial charge >= 0.3 is 6.03 Å². The molecule has 9 nitrogen and oxygen atoms in total. The van der Waals surface area contributed by atoms with Crippen LogP contribution in [-0.2, 0) is 16.6 Å². The number of primary sulfonamides is 1. The van der Waals surface area contributed by atoms with E-state index in [0.29, 0.717) is 28.1 Å². The van der Waals surface area contributed by atoms with Crippen LogP contribution < -0.4 is 21.6 Å². The Bertz CT molecular complexity index is 1520. The Kier molecular flexibility index (Phi) is 7.52. The number of anilines is 2. The second-order valence-electron chi connectivity index (χ2n) is 8.23. The minimum absolute atomic E-state index is 0.0258. The van der Waals surface area contributed by atoms with Crippen LogP contribution in [0.25, 0.3) is 11.1 Å². The fraction of sp³-hybridized carbons (Fsp3) is 0.0370. The maximum Gasteiger partial charge on any atom is 0.340 e. The largest absolute Gasteiger partial charge is 0.384 e. The summed E-state index contributed by atoms with van der Waals surface area (Å²) in [5.74, 6) is -0.0770. The zero-order valence-electron chi connectivity index (χ0n) is 19.8. The SMILES string of the molecule is N=C(N)c1cccc(NN(Cc2ccccc2)C(=O)Nc2ccc(-c3ccccc3S(N)(=O)=O)cc2)c1. The first kappa shape index (κ1) is 25.4. The van der Waals surface area contributed by atoms with E-state index in [-0.39, 0.29) is 17.3 Å². The van der Waals surface area contributed by atoms with Gasteiger partial charge in [-0.25, -0.2) is 23.4 Å². The van der Waals surface area contributed by atoms with Gasteiger partial charge in [-0.3, -0.25) is 10.8 Å². The molecule has 0 radical (unpaired) electrons. The molecule has 0 atom stereocenters. The summed E-state index contributed by atoms with van der Waals surface area (Å²) in [6, 6.07) is 29.2. The van der Waals surface area contributed by atoms with E-state index in [1.54, 1.807) is 66.7 Å². The minimum atomic E-state index is -3.90. The standard InChI is InChI=1S/C27H26N6O3S/c28-26(29)21-9-6-10-23(17-21)32-33(18-19-7-2-1-3-8-19)27(34)31-22-15-13-20(14-16-22)24-11-4-5-12-25(24)37(30,35)36/h1-17,32H,18H2,(H3,28,29)(H,31,34)(H2,30,35,36). The molecule has 0 aliphatic rings. The highest BCUT2D eigenvalue weighted by molar-refractivity contribution is 7.89. The first-order chi connectivity index (χ1) is 17.7.